The Morgan fingerprint density at radius 1 is 1.08 bits per heavy atom. The highest BCUT2D eigenvalue weighted by Crippen LogP contribution is 2.17. The van der Waals surface area contributed by atoms with Crippen molar-refractivity contribution in [2.45, 2.75) is 6.10 Å². The maximum absolute atomic E-state index is 10.7. The van der Waals surface area contributed by atoms with Gasteiger partial charge in [0, 0.05) is 17.8 Å². The molecular formula is C18H22N3O3+. The fourth-order valence-electron chi connectivity index (χ4n) is 3.13. The van der Waals surface area contributed by atoms with E-state index >= 15 is 0 Å². The summed E-state index contributed by atoms with van der Waals surface area (Å²) in [5, 5.41) is 21.1. The van der Waals surface area contributed by atoms with E-state index < -0.39 is 11.0 Å². The number of benzene rings is 2. The fraction of sp³-hybridized carbons (Fsp3) is 0.333. The molecule has 1 unspecified atom stereocenters. The Bertz CT molecular complexity index is 668. The monoisotopic (exact) mass is 328 g/mol. The summed E-state index contributed by atoms with van der Waals surface area (Å²) in [7, 11) is 0. The molecule has 6 nitrogen and oxygen atoms in total. The van der Waals surface area contributed by atoms with Crippen LogP contribution in [0.5, 0.6) is 0 Å². The minimum absolute atomic E-state index is 0.0507. The third-order valence-electron chi connectivity index (χ3n) is 4.56. The summed E-state index contributed by atoms with van der Waals surface area (Å²) < 4.78 is 0. The molecule has 24 heavy (non-hydrogen) atoms. The molecule has 0 aromatic heterocycles. The lowest BCUT2D eigenvalue weighted by molar-refractivity contribution is -0.904. The van der Waals surface area contributed by atoms with Crippen molar-refractivity contribution in [1.82, 2.24) is 0 Å². The van der Waals surface area contributed by atoms with Gasteiger partial charge in [-0.15, -0.1) is 0 Å². The molecule has 1 fully saturated rings. The first kappa shape index (κ1) is 16.4. The van der Waals surface area contributed by atoms with Crippen LogP contribution >= 0.6 is 0 Å². The van der Waals surface area contributed by atoms with E-state index in [-0.39, 0.29) is 5.69 Å². The zero-order valence-electron chi connectivity index (χ0n) is 13.5. The van der Waals surface area contributed by atoms with Crippen LogP contribution in [0, 0.1) is 10.1 Å². The molecular weight excluding hydrogens is 306 g/mol. The van der Waals surface area contributed by atoms with Crippen molar-refractivity contribution in [1.29, 1.82) is 0 Å². The summed E-state index contributed by atoms with van der Waals surface area (Å²) in [5.41, 5.74) is 2.03. The minimum atomic E-state index is -0.593. The number of non-ortho nitro benzene ring substituents is 1. The zero-order chi connectivity index (χ0) is 16.9. The summed E-state index contributed by atoms with van der Waals surface area (Å²) >= 11 is 0. The lowest BCUT2D eigenvalue weighted by Gasteiger charge is -2.34. The smallest absolute Gasteiger partial charge is 0.269 e. The Morgan fingerprint density at radius 2 is 1.71 bits per heavy atom. The topological polar surface area (TPSA) is 71.0 Å². The molecule has 2 aromatic rings. The van der Waals surface area contributed by atoms with Gasteiger partial charge in [0.05, 0.1) is 31.1 Å². The molecule has 6 heteroatoms. The van der Waals surface area contributed by atoms with Crippen molar-refractivity contribution in [3.63, 3.8) is 0 Å². The fourth-order valence-corrected chi connectivity index (χ4v) is 3.13. The maximum Gasteiger partial charge on any atom is 0.269 e. The molecule has 1 aliphatic rings. The molecule has 0 bridgehead atoms. The molecule has 0 spiro atoms. The summed E-state index contributed by atoms with van der Waals surface area (Å²) in [6.07, 6.45) is -0.593. The van der Waals surface area contributed by atoms with E-state index in [0.717, 1.165) is 31.7 Å². The van der Waals surface area contributed by atoms with Gasteiger partial charge >= 0.3 is 0 Å². The second-order valence-electron chi connectivity index (χ2n) is 6.14. The predicted octanol–water partition coefficient (Wildman–Crippen LogP) is 1.03. The third kappa shape index (κ3) is 3.90. The predicted molar refractivity (Wildman–Crippen MR) is 92.3 cm³/mol. The number of piperazine rings is 1. The Balaban J connectivity index is 1.53. The number of rotatable bonds is 5. The number of nitro benzene ring substituents is 1. The molecule has 1 atom stereocenters. The molecule has 0 aliphatic carbocycles. The Hall–Kier alpha value is -2.44. The van der Waals surface area contributed by atoms with E-state index in [4.69, 9.17) is 0 Å². The van der Waals surface area contributed by atoms with Crippen molar-refractivity contribution >= 4 is 11.4 Å². The lowest BCUT2D eigenvalue weighted by Crippen LogP contribution is -3.15. The van der Waals surface area contributed by atoms with Gasteiger partial charge in [-0.25, -0.2) is 0 Å². The van der Waals surface area contributed by atoms with Crippen molar-refractivity contribution in [3.05, 3.63) is 70.3 Å². The minimum Gasteiger partial charge on any atom is -0.382 e. The number of quaternary nitrogens is 1. The van der Waals surface area contributed by atoms with Gasteiger partial charge in [0.25, 0.3) is 5.69 Å². The van der Waals surface area contributed by atoms with Crippen molar-refractivity contribution in [2.24, 2.45) is 0 Å². The van der Waals surface area contributed by atoms with Gasteiger partial charge in [0.2, 0.25) is 0 Å². The Kier molecular flexibility index (Phi) is 5.08. The van der Waals surface area contributed by atoms with E-state index in [1.807, 2.05) is 18.2 Å². The number of aliphatic hydroxyl groups is 1. The van der Waals surface area contributed by atoms with Crippen LogP contribution in [0.1, 0.15) is 11.7 Å². The van der Waals surface area contributed by atoms with Crippen LogP contribution in [-0.2, 0) is 0 Å². The van der Waals surface area contributed by atoms with Crippen molar-refractivity contribution in [3.8, 4) is 0 Å². The number of para-hydroxylation sites is 1. The number of anilines is 1. The molecule has 1 heterocycles. The molecule has 1 saturated heterocycles. The highest BCUT2D eigenvalue weighted by Gasteiger charge is 2.23. The van der Waals surface area contributed by atoms with Crippen LogP contribution in [0.15, 0.2) is 54.6 Å². The molecule has 0 saturated carbocycles. The van der Waals surface area contributed by atoms with Crippen LogP contribution in [-0.4, -0.2) is 42.8 Å². The average molecular weight is 328 g/mol. The van der Waals surface area contributed by atoms with Gasteiger partial charge in [-0.3, -0.25) is 10.1 Å². The first-order valence-electron chi connectivity index (χ1n) is 8.19. The van der Waals surface area contributed by atoms with E-state index in [2.05, 4.69) is 17.0 Å². The number of hydrogen-bond acceptors (Lipinski definition) is 4. The van der Waals surface area contributed by atoms with Crippen LogP contribution < -0.4 is 9.80 Å². The van der Waals surface area contributed by atoms with Gasteiger partial charge < -0.3 is 14.9 Å². The molecule has 3 rings (SSSR count). The molecule has 2 N–H and O–H groups in total. The highest BCUT2D eigenvalue weighted by atomic mass is 16.6. The highest BCUT2D eigenvalue weighted by molar-refractivity contribution is 5.46. The maximum atomic E-state index is 10.7. The van der Waals surface area contributed by atoms with Crippen molar-refractivity contribution < 1.29 is 14.9 Å². The summed E-state index contributed by atoms with van der Waals surface area (Å²) in [6, 6.07) is 16.5. The Labute approximate surface area is 141 Å². The Morgan fingerprint density at radius 3 is 2.29 bits per heavy atom. The van der Waals surface area contributed by atoms with Gasteiger partial charge in [-0.2, -0.15) is 0 Å². The van der Waals surface area contributed by atoms with Crippen molar-refractivity contribution in [2.75, 3.05) is 37.6 Å². The van der Waals surface area contributed by atoms with Gasteiger partial charge in [-0.05, 0) is 29.8 Å². The molecule has 0 radical (unpaired) electrons. The van der Waals surface area contributed by atoms with Crippen LogP contribution in [0.3, 0.4) is 0 Å². The average Bonchev–Trinajstić information content (AvgIpc) is 2.63. The summed E-state index contributed by atoms with van der Waals surface area (Å²) in [5.74, 6) is 0. The quantitative estimate of drug-likeness (QED) is 0.635. The lowest BCUT2D eigenvalue weighted by atomic mass is 10.1. The second-order valence-corrected chi connectivity index (χ2v) is 6.14. The second kappa shape index (κ2) is 7.42. The molecule has 2 aromatic carbocycles. The first-order valence-corrected chi connectivity index (χ1v) is 8.19. The van der Waals surface area contributed by atoms with E-state index in [1.165, 1.54) is 22.7 Å². The summed E-state index contributed by atoms with van der Waals surface area (Å²) in [6.45, 7) is 4.50. The largest absolute Gasteiger partial charge is 0.382 e. The van der Waals surface area contributed by atoms with Crippen LogP contribution in [0.2, 0.25) is 0 Å². The number of hydrogen-bond donors (Lipinski definition) is 2. The SMILES string of the molecule is O=[N+]([O-])c1ccc(C(O)C[NH+]2CCN(c3ccccc3)CC2)cc1. The number of nitrogens with one attached hydrogen (secondary N) is 1. The van der Waals surface area contributed by atoms with E-state index in [1.54, 1.807) is 12.1 Å². The van der Waals surface area contributed by atoms with E-state index in [0.29, 0.717) is 6.54 Å². The van der Waals surface area contributed by atoms with Crippen LogP contribution in [0.4, 0.5) is 11.4 Å². The molecule has 0 amide bonds. The number of aliphatic hydroxyl groups excluding tert-OH is 1. The number of nitrogens with zero attached hydrogens (tertiary/aromatic N) is 2. The first-order chi connectivity index (χ1) is 11.6. The summed E-state index contributed by atoms with van der Waals surface area (Å²) in [4.78, 5) is 14.0. The van der Waals surface area contributed by atoms with Gasteiger partial charge in [0.1, 0.15) is 12.6 Å². The van der Waals surface area contributed by atoms with Gasteiger partial charge in [-0.1, -0.05) is 18.2 Å². The molecule has 1 aliphatic heterocycles. The number of nitro groups is 1. The van der Waals surface area contributed by atoms with Gasteiger partial charge in [0.15, 0.2) is 0 Å². The van der Waals surface area contributed by atoms with E-state index in [9.17, 15) is 15.2 Å². The van der Waals surface area contributed by atoms with Crippen LogP contribution in [0.25, 0.3) is 0 Å². The molecule has 126 valence electrons. The standard InChI is InChI=1S/C18H21N3O3/c22-18(15-6-8-17(9-7-15)21(23)24)14-19-10-12-20(13-11-19)16-4-2-1-3-5-16/h1-9,18,22H,10-14H2/p+1. The normalized spacial score (nSPS) is 16.8. The zero-order valence-corrected chi connectivity index (χ0v) is 13.5. The third-order valence-corrected chi connectivity index (χ3v) is 4.56.